The zero-order valence-electron chi connectivity index (χ0n) is 19.3. The maximum absolute atomic E-state index is 12.9. The Labute approximate surface area is 204 Å². The fourth-order valence-electron chi connectivity index (χ4n) is 3.11. The summed E-state index contributed by atoms with van der Waals surface area (Å²) in [6, 6.07) is 22.4. The van der Waals surface area contributed by atoms with Crippen molar-refractivity contribution in [3.05, 3.63) is 83.9 Å². The van der Waals surface area contributed by atoms with Crippen LogP contribution in [0.5, 0.6) is 5.75 Å². The Morgan fingerprint density at radius 2 is 1.74 bits per heavy atom. The lowest BCUT2D eigenvalue weighted by atomic mass is 10.1. The molecule has 0 radical (unpaired) electrons. The molecule has 0 unspecified atom stereocenters. The molecule has 0 saturated carbocycles. The fraction of sp³-hybridized carbons (Fsp3) is 0.160. The summed E-state index contributed by atoms with van der Waals surface area (Å²) < 4.78 is 33.5. The molecule has 0 spiro atoms. The summed E-state index contributed by atoms with van der Waals surface area (Å²) in [5.74, 6) is -0.252. The smallest absolute Gasteiger partial charge is 0.282 e. The molecule has 0 aliphatic rings. The second kappa shape index (κ2) is 11.7. The van der Waals surface area contributed by atoms with Gasteiger partial charge in [-0.15, -0.1) is 0 Å². The van der Waals surface area contributed by atoms with Gasteiger partial charge in [-0.25, -0.2) is 8.42 Å². The highest BCUT2D eigenvalue weighted by Gasteiger charge is 2.18. The van der Waals surface area contributed by atoms with Gasteiger partial charge in [0.25, 0.3) is 15.9 Å². The molecular formula is C25H25N5O4S. The summed E-state index contributed by atoms with van der Waals surface area (Å²) in [4.78, 5) is 12.3. The Morgan fingerprint density at radius 1 is 1.03 bits per heavy atom. The molecule has 0 aliphatic carbocycles. The van der Waals surface area contributed by atoms with E-state index in [-0.39, 0.29) is 10.6 Å². The molecule has 0 bridgehead atoms. The second-order valence-corrected chi connectivity index (χ2v) is 9.14. The number of sulfonamides is 1. The lowest BCUT2D eigenvalue weighted by Crippen LogP contribution is -2.32. The summed E-state index contributed by atoms with van der Waals surface area (Å²) in [6.07, 6.45) is 0.608. The maximum atomic E-state index is 12.9. The van der Waals surface area contributed by atoms with Gasteiger partial charge in [-0.05, 0) is 48.7 Å². The lowest BCUT2D eigenvalue weighted by Gasteiger charge is -2.13. The highest BCUT2D eigenvalue weighted by atomic mass is 32.2. The van der Waals surface area contributed by atoms with E-state index >= 15 is 0 Å². The van der Waals surface area contributed by atoms with Crippen LogP contribution in [0.4, 0.5) is 11.4 Å². The van der Waals surface area contributed by atoms with Crippen LogP contribution in [0.1, 0.15) is 11.1 Å². The number of ether oxygens (including phenoxy) is 1. The van der Waals surface area contributed by atoms with Crippen molar-refractivity contribution < 1.29 is 17.9 Å². The molecule has 3 rings (SSSR count). The molecule has 3 aromatic carbocycles. The summed E-state index contributed by atoms with van der Waals surface area (Å²) in [7, 11) is -2.50. The number of methoxy groups -OCH3 is 1. The van der Waals surface area contributed by atoms with Crippen LogP contribution in [0.3, 0.4) is 0 Å². The Bertz CT molecular complexity index is 1370. The number of rotatable bonds is 10. The van der Waals surface area contributed by atoms with Crippen molar-refractivity contribution in [1.82, 2.24) is 5.32 Å². The minimum absolute atomic E-state index is 0.0301. The Kier molecular flexibility index (Phi) is 8.43. The number of nitrogens with one attached hydrogen (secondary N) is 3. The van der Waals surface area contributed by atoms with Gasteiger partial charge in [-0.1, -0.05) is 48.5 Å². The van der Waals surface area contributed by atoms with Crippen LogP contribution >= 0.6 is 0 Å². The van der Waals surface area contributed by atoms with Crippen molar-refractivity contribution in [3.63, 3.8) is 0 Å². The fourth-order valence-corrected chi connectivity index (χ4v) is 4.21. The van der Waals surface area contributed by atoms with Crippen LogP contribution in [0.25, 0.3) is 0 Å². The minimum atomic E-state index is -3.95. The molecule has 0 fully saturated rings. The van der Waals surface area contributed by atoms with Crippen molar-refractivity contribution in [2.24, 2.45) is 5.10 Å². The molecule has 9 nitrogen and oxygen atoms in total. The van der Waals surface area contributed by atoms with E-state index in [0.717, 1.165) is 5.56 Å². The van der Waals surface area contributed by atoms with Crippen molar-refractivity contribution >= 4 is 33.0 Å². The number of hydrogen-bond donors (Lipinski definition) is 3. The minimum Gasteiger partial charge on any atom is -0.495 e. The number of carbonyl (C=O) groups excluding carboxylic acids is 1. The number of nitriles is 1. The summed E-state index contributed by atoms with van der Waals surface area (Å²) in [5, 5.41) is 15.9. The summed E-state index contributed by atoms with van der Waals surface area (Å²) >= 11 is 0. The number of anilines is 2. The Morgan fingerprint density at radius 3 is 2.46 bits per heavy atom. The van der Waals surface area contributed by atoms with E-state index in [1.165, 1.54) is 19.2 Å². The van der Waals surface area contributed by atoms with E-state index in [1.807, 2.05) is 30.3 Å². The molecule has 0 heterocycles. The van der Waals surface area contributed by atoms with Gasteiger partial charge in [-0.3, -0.25) is 14.9 Å². The number of para-hydroxylation sites is 2. The molecule has 0 saturated heterocycles. The van der Waals surface area contributed by atoms with Crippen LogP contribution in [0.15, 0.2) is 82.8 Å². The highest BCUT2D eigenvalue weighted by Crippen LogP contribution is 2.27. The number of amides is 1. The predicted molar refractivity (Wildman–Crippen MR) is 135 cm³/mol. The van der Waals surface area contributed by atoms with E-state index < -0.39 is 15.9 Å². The molecule has 3 aromatic rings. The van der Waals surface area contributed by atoms with E-state index in [2.05, 4.69) is 20.6 Å². The molecule has 0 atom stereocenters. The van der Waals surface area contributed by atoms with Gasteiger partial charge in [-0.2, -0.15) is 10.4 Å². The predicted octanol–water partition coefficient (Wildman–Crippen LogP) is 3.45. The van der Waals surface area contributed by atoms with Crippen LogP contribution in [-0.4, -0.2) is 33.7 Å². The zero-order valence-corrected chi connectivity index (χ0v) is 20.1. The van der Waals surface area contributed by atoms with E-state index in [9.17, 15) is 18.5 Å². The highest BCUT2D eigenvalue weighted by molar-refractivity contribution is 7.92. The molecule has 1 amide bonds. The standard InChI is InChI=1S/C25H25N5O4S/c1-18-12-13-20(35(32,33)30-21-10-6-7-11-24(21)34-2)16-22(18)28-29-23(17-26)25(31)27-15-14-19-8-4-3-5-9-19/h3-13,16,28,30H,14-15H2,1-2H3,(H,27,31)/b29-23-. The molecule has 180 valence electrons. The van der Waals surface area contributed by atoms with E-state index in [0.29, 0.717) is 35.7 Å². The first kappa shape index (κ1) is 25.3. The van der Waals surface area contributed by atoms with Gasteiger partial charge in [0, 0.05) is 6.54 Å². The van der Waals surface area contributed by atoms with Gasteiger partial charge < -0.3 is 10.1 Å². The first-order valence-electron chi connectivity index (χ1n) is 10.7. The Balaban J connectivity index is 1.71. The third-order valence-electron chi connectivity index (χ3n) is 5.02. The third-order valence-corrected chi connectivity index (χ3v) is 6.39. The topological polar surface area (TPSA) is 133 Å². The van der Waals surface area contributed by atoms with Crippen molar-refractivity contribution in [1.29, 1.82) is 5.26 Å². The van der Waals surface area contributed by atoms with Crippen molar-refractivity contribution in [3.8, 4) is 11.8 Å². The molecule has 0 aliphatic heterocycles. The van der Waals surface area contributed by atoms with Gasteiger partial charge in [0.2, 0.25) is 5.71 Å². The van der Waals surface area contributed by atoms with Gasteiger partial charge >= 0.3 is 0 Å². The molecular weight excluding hydrogens is 466 g/mol. The normalized spacial score (nSPS) is 11.3. The van der Waals surface area contributed by atoms with Crippen molar-refractivity contribution in [2.75, 3.05) is 23.8 Å². The quantitative estimate of drug-likeness (QED) is 0.294. The molecule has 3 N–H and O–H groups in total. The van der Waals surface area contributed by atoms with E-state index in [1.54, 1.807) is 43.3 Å². The second-order valence-electron chi connectivity index (χ2n) is 7.46. The van der Waals surface area contributed by atoms with Crippen LogP contribution in [-0.2, 0) is 21.2 Å². The monoisotopic (exact) mass is 491 g/mol. The Hall–Kier alpha value is -4.36. The first-order valence-corrected chi connectivity index (χ1v) is 12.1. The van der Waals surface area contributed by atoms with E-state index in [4.69, 9.17) is 4.74 Å². The third kappa shape index (κ3) is 6.82. The summed E-state index contributed by atoms with van der Waals surface area (Å²) in [5.41, 5.74) is 4.61. The largest absolute Gasteiger partial charge is 0.495 e. The average molecular weight is 492 g/mol. The van der Waals surface area contributed by atoms with Gasteiger partial charge in [0.15, 0.2) is 0 Å². The first-order chi connectivity index (χ1) is 16.8. The van der Waals surface area contributed by atoms with Gasteiger partial charge in [0.05, 0.1) is 23.4 Å². The number of benzene rings is 3. The number of nitrogens with zero attached hydrogens (tertiary/aromatic N) is 2. The number of hydrogen-bond acceptors (Lipinski definition) is 7. The van der Waals surface area contributed by atoms with Crippen molar-refractivity contribution in [2.45, 2.75) is 18.2 Å². The molecule has 35 heavy (non-hydrogen) atoms. The molecule has 10 heteroatoms. The van der Waals surface area contributed by atoms with Crippen LogP contribution in [0, 0.1) is 18.3 Å². The molecule has 0 aromatic heterocycles. The average Bonchev–Trinajstić information content (AvgIpc) is 2.86. The number of hydrazone groups is 1. The SMILES string of the molecule is COc1ccccc1NS(=O)(=O)c1ccc(C)c(N/N=C(/C#N)C(=O)NCCc2ccccc2)c1. The number of carbonyl (C=O) groups is 1. The number of aryl methyl sites for hydroxylation is 1. The van der Waals surface area contributed by atoms with Gasteiger partial charge in [0.1, 0.15) is 11.8 Å². The summed E-state index contributed by atoms with van der Waals surface area (Å²) in [6.45, 7) is 2.08. The zero-order chi connectivity index (χ0) is 25.3. The lowest BCUT2D eigenvalue weighted by molar-refractivity contribution is -0.114. The maximum Gasteiger partial charge on any atom is 0.282 e. The van der Waals surface area contributed by atoms with Crippen LogP contribution in [0.2, 0.25) is 0 Å². The van der Waals surface area contributed by atoms with Crippen LogP contribution < -0.4 is 20.2 Å².